The molecule has 1 atom stereocenters. The van der Waals surface area contributed by atoms with Crippen molar-refractivity contribution in [3.8, 4) is 0 Å². The molecule has 0 rings (SSSR count). The quantitative estimate of drug-likeness (QED) is 0.466. The molecule has 3 heteroatoms. The topological polar surface area (TPSA) is 52.5 Å². The van der Waals surface area contributed by atoms with Gasteiger partial charge < -0.3 is 15.5 Å². The lowest BCUT2D eigenvalue weighted by Crippen LogP contribution is -2.27. The van der Waals surface area contributed by atoms with E-state index in [9.17, 15) is 0 Å². The normalized spacial score (nSPS) is 13.7. The molecular weight excluding hydrogens is 118 g/mol. The fourth-order valence-electron chi connectivity index (χ4n) is 0.562. The fraction of sp³-hybridized carbons (Fsp3) is 1.00. The monoisotopic (exact) mass is 133 g/mol. The van der Waals surface area contributed by atoms with Gasteiger partial charge in [0.1, 0.15) is 0 Å². The standard InChI is InChI=1S/C6H15NO2/c1-2-7-5-6(9)3-4-8/h6-9H,2-5H2,1H3. The van der Waals surface area contributed by atoms with Gasteiger partial charge in [-0.1, -0.05) is 6.92 Å². The van der Waals surface area contributed by atoms with E-state index in [-0.39, 0.29) is 6.61 Å². The first-order valence-electron chi connectivity index (χ1n) is 3.31. The number of aliphatic hydroxyl groups is 2. The van der Waals surface area contributed by atoms with Gasteiger partial charge >= 0.3 is 0 Å². The smallest absolute Gasteiger partial charge is 0.0686 e. The Balaban J connectivity index is 2.95. The van der Waals surface area contributed by atoms with Gasteiger partial charge in [0.05, 0.1) is 6.10 Å². The second-order valence-corrected chi connectivity index (χ2v) is 1.97. The summed E-state index contributed by atoms with van der Waals surface area (Å²) in [5, 5.41) is 20.3. The third kappa shape index (κ3) is 5.76. The Kier molecular flexibility index (Phi) is 5.93. The molecule has 56 valence electrons. The van der Waals surface area contributed by atoms with Crippen LogP contribution in [0.15, 0.2) is 0 Å². The molecule has 0 aromatic rings. The van der Waals surface area contributed by atoms with E-state index in [1.165, 1.54) is 0 Å². The highest BCUT2D eigenvalue weighted by Crippen LogP contribution is 1.85. The first kappa shape index (κ1) is 8.88. The Morgan fingerprint density at radius 3 is 2.67 bits per heavy atom. The first-order valence-corrected chi connectivity index (χ1v) is 3.31. The van der Waals surface area contributed by atoms with E-state index >= 15 is 0 Å². The van der Waals surface area contributed by atoms with Gasteiger partial charge in [-0.3, -0.25) is 0 Å². The second kappa shape index (κ2) is 6.01. The molecule has 0 spiro atoms. The minimum atomic E-state index is -0.394. The van der Waals surface area contributed by atoms with Crippen LogP contribution in [0.25, 0.3) is 0 Å². The molecule has 0 radical (unpaired) electrons. The van der Waals surface area contributed by atoms with Crippen LogP contribution in [-0.4, -0.2) is 36.0 Å². The molecule has 3 nitrogen and oxygen atoms in total. The predicted octanol–water partition coefficient (Wildman–Crippen LogP) is -0.661. The lowest BCUT2D eigenvalue weighted by atomic mass is 10.3. The van der Waals surface area contributed by atoms with Gasteiger partial charge in [0.2, 0.25) is 0 Å². The van der Waals surface area contributed by atoms with E-state index in [1.54, 1.807) is 0 Å². The average Bonchev–Trinajstić information content (AvgIpc) is 1.85. The molecule has 0 aliphatic rings. The molecular formula is C6H15NO2. The molecule has 3 N–H and O–H groups in total. The summed E-state index contributed by atoms with van der Waals surface area (Å²) in [6.07, 6.45) is 0.0717. The van der Waals surface area contributed by atoms with Crippen LogP contribution in [0.1, 0.15) is 13.3 Å². The van der Waals surface area contributed by atoms with Gasteiger partial charge in [0, 0.05) is 13.2 Å². The SMILES string of the molecule is CCNCC(O)CCO. The van der Waals surface area contributed by atoms with Crippen molar-refractivity contribution in [2.45, 2.75) is 19.4 Å². The summed E-state index contributed by atoms with van der Waals surface area (Å²) in [7, 11) is 0. The van der Waals surface area contributed by atoms with Crippen LogP contribution < -0.4 is 5.32 Å². The maximum absolute atomic E-state index is 8.96. The largest absolute Gasteiger partial charge is 0.396 e. The van der Waals surface area contributed by atoms with E-state index < -0.39 is 6.10 Å². The van der Waals surface area contributed by atoms with Crippen molar-refractivity contribution in [3.63, 3.8) is 0 Å². The van der Waals surface area contributed by atoms with Crippen molar-refractivity contribution in [3.05, 3.63) is 0 Å². The van der Waals surface area contributed by atoms with Gasteiger partial charge in [0.15, 0.2) is 0 Å². The van der Waals surface area contributed by atoms with Crippen LogP contribution in [0.2, 0.25) is 0 Å². The van der Waals surface area contributed by atoms with E-state index in [2.05, 4.69) is 5.32 Å². The lowest BCUT2D eigenvalue weighted by Gasteiger charge is -2.07. The zero-order chi connectivity index (χ0) is 7.11. The molecule has 0 aromatic heterocycles. The Morgan fingerprint density at radius 1 is 1.56 bits per heavy atom. The van der Waals surface area contributed by atoms with Gasteiger partial charge in [-0.05, 0) is 13.0 Å². The molecule has 0 amide bonds. The number of hydrogen-bond acceptors (Lipinski definition) is 3. The molecule has 1 unspecified atom stereocenters. The van der Waals surface area contributed by atoms with E-state index in [0.29, 0.717) is 13.0 Å². The summed E-state index contributed by atoms with van der Waals surface area (Å²) in [5.41, 5.74) is 0. The minimum absolute atomic E-state index is 0.0621. The molecule has 0 fully saturated rings. The molecule has 0 saturated heterocycles. The third-order valence-electron chi connectivity index (χ3n) is 1.09. The molecule has 0 saturated carbocycles. The average molecular weight is 133 g/mol. The Morgan fingerprint density at radius 2 is 2.22 bits per heavy atom. The number of nitrogens with one attached hydrogen (secondary N) is 1. The van der Waals surface area contributed by atoms with Crippen molar-refractivity contribution in [1.29, 1.82) is 0 Å². The summed E-state index contributed by atoms with van der Waals surface area (Å²) in [4.78, 5) is 0. The highest BCUT2D eigenvalue weighted by molar-refractivity contribution is 4.56. The fourth-order valence-corrected chi connectivity index (χ4v) is 0.562. The summed E-state index contributed by atoms with van der Waals surface area (Å²) < 4.78 is 0. The molecule has 0 heterocycles. The molecule has 0 aromatic carbocycles. The summed E-state index contributed by atoms with van der Waals surface area (Å²) in [6.45, 7) is 3.48. The summed E-state index contributed by atoms with van der Waals surface area (Å²) >= 11 is 0. The number of rotatable bonds is 5. The van der Waals surface area contributed by atoms with E-state index in [1.807, 2.05) is 6.92 Å². The number of likely N-dealkylation sites (N-methyl/N-ethyl adjacent to an activating group) is 1. The summed E-state index contributed by atoms with van der Waals surface area (Å²) in [5.74, 6) is 0. The number of hydrogen-bond donors (Lipinski definition) is 3. The van der Waals surface area contributed by atoms with Crippen molar-refractivity contribution in [2.75, 3.05) is 19.7 Å². The van der Waals surface area contributed by atoms with Gasteiger partial charge in [-0.2, -0.15) is 0 Å². The van der Waals surface area contributed by atoms with E-state index in [0.717, 1.165) is 6.54 Å². The Hall–Kier alpha value is -0.120. The Labute approximate surface area is 55.7 Å². The second-order valence-electron chi connectivity index (χ2n) is 1.97. The highest BCUT2D eigenvalue weighted by atomic mass is 16.3. The van der Waals surface area contributed by atoms with Crippen LogP contribution in [-0.2, 0) is 0 Å². The van der Waals surface area contributed by atoms with Crippen molar-refractivity contribution in [1.82, 2.24) is 5.32 Å². The molecule has 0 aliphatic carbocycles. The maximum atomic E-state index is 8.96. The van der Waals surface area contributed by atoms with Crippen LogP contribution in [0, 0.1) is 0 Å². The Bertz CT molecular complexity index is 59.0. The van der Waals surface area contributed by atoms with Crippen molar-refractivity contribution < 1.29 is 10.2 Å². The molecule has 9 heavy (non-hydrogen) atoms. The van der Waals surface area contributed by atoms with Crippen LogP contribution >= 0.6 is 0 Å². The van der Waals surface area contributed by atoms with Gasteiger partial charge in [-0.15, -0.1) is 0 Å². The van der Waals surface area contributed by atoms with Gasteiger partial charge in [0.25, 0.3) is 0 Å². The van der Waals surface area contributed by atoms with Crippen LogP contribution in [0.3, 0.4) is 0 Å². The van der Waals surface area contributed by atoms with Gasteiger partial charge in [-0.25, -0.2) is 0 Å². The molecule has 0 bridgehead atoms. The third-order valence-corrected chi connectivity index (χ3v) is 1.09. The zero-order valence-electron chi connectivity index (χ0n) is 5.80. The first-order chi connectivity index (χ1) is 4.31. The minimum Gasteiger partial charge on any atom is -0.396 e. The number of aliphatic hydroxyl groups excluding tert-OH is 2. The van der Waals surface area contributed by atoms with Crippen molar-refractivity contribution >= 4 is 0 Å². The lowest BCUT2D eigenvalue weighted by molar-refractivity contribution is 0.132. The van der Waals surface area contributed by atoms with E-state index in [4.69, 9.17) is 10.2 Å². The zero-order valence-corrected chi connectivity index (χ0v) is 5.80. The summed E-state index contributed by atoms with van der Waals surface area (Å²) in [6, 6.07) is 0. The van der Waals surface area contributed by atoms with Crippen LogP contribution in [0.5, 0.6) is 0 Å². The maximum Gasteiger partial charge on any atom is 0.0686 e. The molecule has 0 aliphatic heterocycles. The van der Waals surface area contributed by atoms with Crippen molar-refractivity contribution in [2.24, 2.45) is 0 Å². The van der Waals surface area contributed by atoms with Crippen LogP contribution in [0.4, 0.5) is 0 Å². The predicted molar refractivity (Wildman–Crippen MR) is 36.3 cm³/mol. The highest BCUT2D eigenvalue weighted by Gasteiger charge is 1.99.